The molecule has 0 amide bonds. The van der Waals surface area contributed by atoms with E-state index in [2.05, 4.69) is 27.3 Å². The van der Waals surface area contributed by atoms with E-state index in [-0.39, 0.29) is 0 Å². The lowest BCUT2D eigenvalue weighted by molar-refractivity contribution is 0.306. The topological polar surface area (TPSA) is 21.3 Å². The average molecular weight is 347 g/mol. The Balaban J connectivity index is 2.08. The normalized spacial score (nSPS) is 10.6. The SMILES string of the molecule is CNCc1cc(Cl)ccc1OCc1ccc(Br)s1. The average Bonchev–Trinajstić information content (AvgIpc) is 2.75. The van der Waals surface area contributed by atoms with E-state index in [0.29, 0.717) is 6.61 Å². The van der Waals surface area contributed by atoms with Gasteiger partial charge in [0.25, 0.3) is 0 Å². The van der Waals surface area contributed by atoms with Gasteiger partial charge in [-0.25, -0.2) is 0 Å². The molecule has 5 heteroatoms. The summed E-state index contributed by atoms with van der Waals surface area (Å²) in [7, 11) is 1.90. The van der Waals surface area contributed by atoms with Crippen molar-refractivity contribution in [2.45, 2.75) is 13.2 Å². The summed E-state index contributed by atoms with van der Waals surface area (Å²) in [6, 6.07) is 9.78. The molecule has 1 aromatic heterocycles. The fourth-order valence-corrected chi connectivity index (χ4v) is 3.19. The Morgan fingerprint density at radius 1 is 1.33 bits per heavy atom. The van der Waals surface area contributed by atoms with Crippen LogP contribution in [0.3, 0.4) is 0 Å². The Kier molecular flexibility index (Phi) is 5.06. The molecule has 0 aliphatic rings. The van der Waals surface area contributed by atoms with Crippen LogP contribution in [0.25, 0.3) is 0 Å². The van der Waals surface area contributed by atoms with Crippen LogP contribution in [0.5, 0.6) is 5.75 Å². The first-order chi connectivity index (χ1) is 8.69. The summed E-state index contributed by atoms with van der Waals surface area (Å²) in [6.07, 6.45) is 0. The van der Waals surface area contributed by atoms with Crippen LogP contribution in [0, 0.1) is 0 Å². The first-order valence-corrected chi connectivity index (χ1v) is 7.48. The number of ether oxygens (including phenoxy) is 1. The van der Waals surface area contributed by atoms with Gasteiger partial charge < -0.3 is 10.1 Å². The van der Waals surface area contributed by atoms with Gasteiger partial charge in [-0.2, -0.15) is 0 Å². The molecule has 1 heterocycles. The molecule has 0 aliphatic heterocycles. The Labute approximate surface area is 124 Å². The smallest absolute Gasteiger partial charge is 0.124 e. The van der Waals surface area contributed by atoms with Crippen molar-refractivity contribution >= 4 is 38.9 Å². The Morgan fingerprint density at radius 3 is 2.83 bits per heavy atom. The second-order valence-corrected chi connectivity index (χ2v) is 6.76. The van der Waals surface area contributed by atoms with Crippen LogP contribution in [0.4, 0.5) is 0 Å². The molecule has 1 aromatic carbocycles. The van der Waals surface area contributed by atoms with Crippen LogP contribution in [0.2, 0.25) is 5.02 Å². The first kappa shape index (κ1) is 13.9. The van der Waals surface area contributed by atoms with Gasteiger partial charge in [-0.3, -0.25) is 0 Å². The number of rotatable bonds is 5. The summed E-state index contributed by atoms with van der Waals surface area (Å²) < 4.78 is 6.95. The second-order valence-electron chi connectivity index (χ2n) is 3.78. The number of thiophene rings is 1. The third-order valence-electron chi connectivity index (χ3n) is 2.39. The molecule has 0 saturated carbocycles. The molecule has 0 bridgehead atoms. The maximum absolute atomic E-state index is 5.99. The molecule has 2 rings (SSSR count). The minimum Gasteiger partial charge on any atom is -0.488 e. The molecule has 0 atom stereocenters. The van der Waals surface area contributed by atoms with Gasteiger partial charge in [0.05, 0.1) is 3.79 Å². The first-order valence-electron chi connectivity index (χ1n) is 5.49. The van der Waals surface area contributed by atoms with Gasteiger partial charge in [0, 0.05) is 22.0 Å². The molecule has 96 valence electrons. The van der Waals surface area contributed by atoms with Gasteiger partial charge in [0.1, 0.15) is 12.4 Å². The number of benzene rings is 1. The highest BCUT2D eigenvalue weighted by molar-refractivity contribution is 9.11. The van der Waals surface area contributed by atoms with Crippen molar-refractivity contribution in [3.63, 3.8) is 0 Å². The zero-order valence-corrected chi connectivity index (χ0v) is 13.0. The molecule has 2 aromatic rings. The summed E-state index contributed by atoms with van der Waals surface area (Å²) in [4.78, 5) is 1.19. The maximum atomic E-state index is 5.99. The summed E-state index contributed by atoms with van der Waals surface area (Å²) in [5, 5.41) is 3.84. The van der Waals surface area contributed by atoms with Gasteiger partial charge in [-0.1, -0.05) is 11.6 Å². The van der Waals surface area contributed by atoms with Crippen LogP contribution in [0.15, 0.2) is 34.1 Å². The maximum Gasteiger partial charge on any atom is 0.124 e. The molecule has 0 spiro atoms. The standard InChI is InChI=1S/C13H13BrClNOS/c1-16-7-9-6-10(15)2-4-12(9)17-8-11-3-5-13(14)18-11/h2-6,16H,7-8H2,1H3. The minimum absolute atomic E-state index is 0.578. The number of nitrogens with one attached hydrogen (secondary N) is 1. The molecule has 1 N–H and O–H groups in total. The molecular weight excluding hydrogens is 334 g/mol. The van der Waals surface area contributed by atoms with Crippen molar-refractivity contribution in [1.82, 2.24) is 5.32 Å². The predicted octanol–water partition coefficient (Wildman–Crippen LogP) is 4.46. The van der Waals surface area contributed by atoms with Crippen molar-refractivity contribution in [3.05, 3.63) is 49.6 Å². The Hall–Kier alpha value is -0.550. The fraction of sp³-hybridized carbons (Fsp3) is 0.231. The quantitative estimate of drug-likeness (QED) is 0.863. The van der Waals surface area contributed by atoms with Crippen molar-refractivity contribution in [3.8, 4) is 5.75 Å². The van der Waals surface area contributed by atoms with Crippen LogP contribution < -0.4 is 10.1 Å². The molecule has 0 saturated heterocycles. The van der Waals surface area contributed by atoms with Crippen LogP contribution >= 0.6 is 38.9 Å². The van der Waals surface area contributed by atoms with E-state index >= 15 is 0 Å². The molecular formula is C13H13BrClNOS. The molecule has 0 fully saturated rings. The lowest BCUT2D eigenvalue weighted by Crippen LogP contribution is -2.07. The zero-order chi connectivity index (χ0) is 13.0. The Bertz CT molecular complexity index is 529. The van der Waals surface area contributed by atoms with E-state index in [1.165, 1.54) is 4.88 Å². The van der Waals surface area contributed by atoms with Crippen LogP contribution in [0.1, 0.15) is 10.4 Å². The zero-order valence-electron chi connectivity index (χ0n) is 9.87. The lowest BCUT2D eigenvalue weighted by Gasteiger charge is -2.11. The summed E-state index contributed by atoms with van der Waals surface area (Å²) in [5.74, 6) is 0.873. The third kappa shape index (κ3) is 3.72. The summed E-state index contributed by atoms with van der Waals surface area (Å²) >= 11 is 11.1. The van der Waals surface area contributed by atoms with Crippen molar-refractivity contribution in [2.75, 3.05) is 7.05 Å². The lowest BCUT2D eigenvalue weighted by atomic mass is 10.2. The van der Waals surface area contributed by atoms with E-state index in [1.54, 1.807) is 11.3 Å². The second kappa shape index (κ2) is 6.57. The van der Waals surface area contributed by atoms with Crippen LogP contribution in [-0.4, -0.2) is 7.05 Å². The molecule has 18 heavy (non-hydrogen) atoms. The van der Waals surface area contributed by atoms with E-state index in [9.17, 15) is 0 Å². The summed E-state index contributed by atoms with van der Waals surface area (Å²) in [6.45, 7) is 1.32. The predicted molar refractivity (Wildman–Crippen MR) is 80.6 cm³/mol. The fourth-order valence-electron chi connectivity index (χ4n) is 1.60. The minimum atomic E-state index is 0.578. The van der Waals surface area contributed by atoms with Crippen molar-refractivity contribution in [2.24, 2.45) is 0 Å². The van der Waals surface area contributed by atoms with Gasteiger partial charge in [-0.15, -0.1) is 11.3 Å². The number of hydrogen-bond donors (Lipinski definition) is 1. The molecule has 2 nitrogen and oxygen atoms in total. The highest BCUT2D eigenvalue weighted by Crippen LogP contribution is 2.26. The molecule has 0 radical (unpaired) electrons. The van der Waals surface area contributed by atoms with Gasteiger partial charge >= 0.3 is 0 Å². The number of halogens is 2. The Morgan fingerprint density at radius 2 is 2.17 bits per heavy atom. The van der Waals surface area contributed by atoms with Crippen molar-refractivity contribution in [1.29, 1.82) is 0 Å². The molecule has 0 unspecified atom stereocenters. The van der Waals surface area contributed by atoms with Gasteiger partial charge in [-0.05, 0) is 53.3 Å². The van der Waals surface area contributed by atoms with Gasteiger partial charge in [0.15, 0.2) is 0 Å². The van der Waals surface area contributed by atoms with E-state index < -0.39 is 0 Å². The van der Waals surface area contributed by atoms with E-state index in [4.69, 9.17) is 16.3 Å². The van der Waals surface area contributed by atoms with E-state index in [0.717, 1.165) is 26.7 Å². The monoisotopic (exact) mass is 345 g/mol. The van der Waals surface area contributed by atoms with Gasteiger partial charge in [0.2, 0.25) is 0 Å². The summed E-state index contributed by atoms with van der Waals surface area (Å²) in [5.41, 5.74) is 1.07. The third-order valence-corrected chi connectivity index (χ3v) is 4.22. The highest BCUT2D eigenvalue weighted by atomic mass is 79.9. The molecule has 0 aliphatic carbocycles. The van der Waals surface area contributed by atoms with E-state index in [1.807, 2.05) is 31.3 Å². The number of hydrogen-bond acceptors (Lipinski definition) is 3. The largest absolute Gasteiger partial charge is 0.488 e. The van der Waals surface area contributed by atoms with Crippen LogP contribution in [-0.2, 0) is 13.2 Å². The highest BCUT2D eigenvalue weighted by Gasteiger charge is 2.05. The van der Waals surface area contributed by atoms with Crippen molar-refractivity contribution < 1.29 is 4.74 Å².